The lowest BCUT2D eigenvalue weighted by atomic mass is 10.2. The Hall–Kier alpha value is -1.63. The van der Waals surface area contributed by atoms with Crippen LogP contribution in [-0.2, 0) is 16.3 Å². The van der Waals surface area contributed by atoms with Gasteiger partial charge in [0.2, 0.25) is 0 Å². The van der Waals surface area contributed by atoms with Gasteiger partial charge in [0, 0.05) is 19.3 Å². The fraction of sp³-hybridized carbons (Fsp3) is 0.409. The van der Waals surface area contributed by atoms with Crippen LogP contribution in [0.5, 0.6) is 0 Å². The van der Waals surface area contributed by atoms with E-state index in [0.29, 0.717) is 26.9 Å². The van der Waals surface area contributed by atoms with E-state index in [1.807, 2.05) is 45.7 Å². The molecule has 0 amide bonds. The molecule has 4 nitrogen and oxygen atoms in total. The van der Waals surface area contributed by atoms with Gasteiger partial charge in [0.25, 0.3) is 0 Å². The summed E-state index contributed by atoms with van der Waals surface area (Å²) in [5, 5.41) is 0.449. The molecule has 0 aliphatic rings. The average Bonchev–Trinajstić information content (AvgIpc) is 2.68. The topological polar surface area (TPSA) is 45.0 Å². The zero-order valence-electron chi connectivity index (χ0n) is 18.0. The Kier molecular flexibility index (Phi) is 8.71. The predicted molar refractivity (Wildman–Crippen MR) is 126 cm³/mol. The van der Waals surface area contributed by atoms with Crippen LogP contribution >= 0.6 is 23.2 Å². The first-order chi connectivity index (χ1) is 14.1. The minimum absolute atomic E-state index is 0.0246. The van der Waals surface area contributed by atoms with Crippen molar-refractivity contribution in [3.63, 3.8) is 0 Å². The van der Waals surface area contributed by atoms with Gasteiger partial charge in [-0.2, -0.15) is 0 Å². The van der Waals surface area contributed by atoms with E-state index < -0.39 is 15.5 Å². The maximum Gasteiger partial charge on any atom is 0.141 e. The van der Waals surface area contributed by atoms with Crippen LogP contribution in [0, 0.1) is 18.7 Å². The van der Waals surface area contributed by atoms with Crippen LogP contribution in [0.15, 0.2) is 44.6 Å². The second-order valence-electron chi connectivity index (χ2n) is 7.62. The first-order valence-electron chi connectivity index (χ1n) is 9.75. The predicted octanol–water partition coefficient (Wildman–Crippen LogP) is 6.74. The monoisotopic (exact) mass is 471 g/mol. The van der Waals surface area contributed by atoms with Crippen molar-refractivity contribution in [2.75, 3.05) is 19.3 Å². The van der Waals surface area contributed by atoms with Crippen molar-refractivity contribution in [2.45, 2.75) is 39.1 Å². The Balaban J connectivity index is 2.49. The lowest BCUT2D eigenvalue weighted by Crippen LogP contribution is -2.14. The highest BCUT2D eigenvalue weighted by molar-refractivity contribution is 7.93. The molecule has 0 heterocycles. The van der Waals surface area contributed by atoms with E-state index in [0.717, 1.165) is 12.1 Å². The normalized spacial score (nSPS) is 13.6. The summed E-state index contributed by atoms with van der Waals surface area (Å²) >= 11 is 12.3. The van der Waals surface area contributed by atoms with Crippen LogP contribution in [0.4, 0.5) is 10.1 Å². The molecule has 0 N–H and O–H groups in total. The van der Waals surface area contributed by atoms with Gasteiger partial charge in [-0.1, -0.05) is 43.1 Å². The fourth-order valence-electron chi connectivity index (χ4n) is 2.81. The van der Waals surface area contributed by atoms with Gasteiger partial charge in [-0.3, -0.25) is 0 Å². The van der Waals surface area contributed by atoms with Crippen molar-refractivity contribution in [1.82, 2.24) is 4.90 Å². The summed E-state index contributed by atoms with van der Waals surface area (Å²) in [5.41, 5.74) is 2.14. The summed E-state index contributed by atoms with van der Waals surface area (Å²) in [6.45, 7) is 8.91. The Labute approximate surface area is 189 Å². The number of benzene rings is 2. The van der Waals surface area contributed by atoms with E-state index in [1.165, 1.54) is 12.1 Å². The fourth-order valence-corrected chi connectivity index (χ4v) is 5.84. The molecular formula is C22H28Cl2FN3OS. The van der Waals surface area contributed by atoms with Crippen molar-refractivity contribution in [3.8, 4) is 0 Å². The van der Waals surface area contributed by atoms with Gasteiger partial charge in [0.1, 0.15) is 5.82 Å². The van der Waals surface area contributed by atoms with Crippen LogP contribution in [0.3, 0.4) is 0 Å². The number of hydrogen-bond donors (Lipinski definition) is 0. The van der Waals surface area contributed by atoms with Gasteiger partial charge in [-0.15, -0.1) is 0 Å². The number of halogens is 3. The van der Waals surface area contributed by atoms with Gasteiger partial charge < -0.3 is 4.90 Å². The third-order valence-corrected chi connectivity index (χ3v) is 7.86. The third kappa shape index (κ3) is 6.43. The maximum atomic E-state index is 13.9. The summed E-state index contributed by atoms with van der Waals surface area (Å²) in [6, 6.07) is 7.95. The Morgan fingerprint density at radius 2 is 1.90 bits per heavy atom. The van der Waals surface area contributed by atoms with Gasteiger partial charge in [0.05, 0.1) is 43.2 Å². The zero-order chi connectivity index (χ0) is 22.5. The first kappa shape index (κ1) is 24.6. The van der Waals surface area contributed by atoms with Crippen LogP contribution < -0.4 is 0 Å². The summed E-state index contributed by atoms with van der Waals surface area (Å²) in [4.78, 5) is 6.97. The summed E-state index contributed by atoms with van der Waals surface area (Å²) in [5.74, 6) is 0.0586. The molecule has 0 aromatic heterocycles. The van der Waals surface area contributed by atoms with Crippen molar-refractivity contribution in [3.05, 3.63) is 57.3 Å². The number of nitrogens with zero attached hydrogens (tertiary/aromatic N) is 3. The number of aliphatic imine (C=N–C) groups is 1. The molecule has 0 fully saturated rings. The molecule has 2 aromatic rings. The Bertz CT molecular complexity index is 1050. The van der Waals surface area contributed by atoms with Crippen molar-refractivity contribution in [1.29, 1.82) is 0 Å². The van der Waals surface area contributed by atoms with Gasteiger partial charge >= 0.3 is 0 Å². The quantitative estimate of drug-likeness (QED) is 0.316. The summed E-state index contributed by atoms with van der Waals surface area (Å²) in [6.07, 6.45) is 1.72. The first-order valence-corrected chi connectivity index (χ1v) is 12.2. The van der Waals surface area contributed by atoms with Crippen LogP contribution in [0.25, 0.3) is 0 Å². The molecule has 8 heteroatoms. The molecular weight excluding hydrogens is 444 g/mol. The highest BCUT2D eigenvalue weighted by atomic mass is 35.5. The molecule has 0 spiro atoms. The van der Waals surface area contributed by atoms with Crippen LogP contribution in [-0.4, -0.2) is 34.8 Å². The molecule has 0 bridgehead atoms. The van der Waals surface area contributed by atoms with Gasteiger partial charge in [-0.25, -0.2) is 18.0 Å². The highest BCUT2D eigenvalue weighted by Crippen LogP contribution is 2.33. The molecule has 30 heavy (non-hydrogen) atoms. The maximum absolute atomic E-state index is 13.9. The Morgan fingerprint density at radius 1 is 1.20 bits per heavy atom. The highest BCUT2D eigenvalue weighted by Gasteiger charge is 2.19. The molecule has 2 rings (SSSR count). The SMILES string of the molecule is CCN(C)/C=N\c1cc(C)c(S(=O)(CC(C)C)=NCc2ccc(F)c(Cl)c2)cc1Cl. The van der Waals surface area contributed by atoms with E-state index in [4.69, 9.17) is 23.2 Å². The van der Waals surface area contributed by atoms with E-state index in [2.05, 4.69) is 9.36 Å². The van der Waals surface area contributed by atoms with Crippen molar-refractivity contribution in [2.24, 2.45) is 15.3 Å². The molecule has 0 aliphatic heterocycles. The second kappa shape index (κ2) is 10.6. The summed E-state index contributed by atoms with van der Waals surface area (Å²) < 4.78 is 31.9. The number of hydrogen-bond acceptors (Lipinski definition) is 3. The minimum Gasteiger partial charge on any atom is -0.366 e. The molecule has 0 saturated carbocycles. The Morgan fingerprint density at radius 3 is 2.50 bits per heavy atom. The van der Waals surface area contributed by atoms with E-state index in [1.54, 1.807) is 18.5 Å². The molecule has 0 saturated heterocycles. The van der Waals surface area contributed by atoms with Gasteiger partial charge in [0.15, 0.2) is 0 Å². The zero-order valence-corrected chi connectivity index (χ0v) is 20.3. The minimum atomic E-state index is -2.75. The molecule has 0 radical (unpaired) electrons. The lowest BCUT2D eigenvalue weighted by Gasteiger charge is -2.17. The third-order valence-electron chi connectivity index (χ3n) is 4.48. The second-order valence-corrected chi connectivity index (χ2v) is 10.8. The number of rotatable bonds is 8. The van der Waals surface area contributed by atoms with Crippen molar-refractivity contribution < 1.29 is 8.60 Å². The molecule has 2 aromatic carbocycles. The molecule has 0 aliphatic carbocycles. The van der Waals surface area contributed by atoms with Crippen LogP contribution in [0.1, 0.15) is 31.9 Å². The summed E-state index contributed by atoms with van der Waals surface area (Å²) in [7, 11) is -0.827. The van der Waals surface area contributed by atoms with E-state index >= 15 is 0 Å². The largest absolute Gasteiger partial charge is 0.366 e. The average molecular weight is 472 g/mol. The smallest absolute Gasteiger partial charge is 0.141 e. The molecule has 1 atom stereocenters. The molecule has 1 unspecified atom stereocenters. The van der Waals surface area contributed by atoms with Crippen molar-refractivity contribution >= 4 is 45.0 Å². The number of aryl methyl sites for hydroxylation is 1. The molecule has 164 valence electrons. The lowest BCUT2D eigenvalue weighted by molar-refractivity contribution is 0.552. The standard InChI is InChI=1S/C22H28Cl2FN3OS/c1-6-28(5)14-26-21-9-16(4)22(11-19(21)24)30(29,13-15(2)3)27-12-17-7-8-20(25)18(23)10-17/h7-11,14-15H,6,12-13H2,1-5H3/b26-14-. The van der Waals surface area contributed by atoms with Gasteiger partial charge in [-0.05, 0) is 55.2 Å². The van der Waals surface area contributed by atoms with Crippen LogP contribution in [0.2, 0.25) is 10.0 Å². The van der Waals surface area contributed by atoms with E-state index in [-0.39, 0.29) is 17.5 Å². The van der Waals surface area contributed by atoms with E-state index in [9.17, 15) is 8.60 Å².